The molecule has 3 N–H and O–H groups in total. The fraction of sp³-hybridized carbons (Fsp3) is 0.278. The van der Waals surface area contributed by atoms with Gasteiger partial charge in [-0.15, -0.1) is 0 Å². The monoisotopic (exact) mass is 283 g/mol. The molecule has 1 amide bonds. The molecule has 0 heterocycles. The Kier molecular flexibility index (Phi) is 5.12. The van der Waals surface area contributed by atoms with Gasteiger partial charge in [-0.2, -0.15) is 0 Å². The molecule has 0 unspecified atom stereocenters. The molecule has 3 nitrogen and oxygen atoms in total. The fourth-order valence-corrected chi connectivity index (χ4v) is 2.45. The Morgan fingerprint density at radius 1 is 1.00 bits per heavy atom. The SMILES string of the molecule is CNC(=O)[C@@H](C)[NH2+][C@H](c1ccccc1)c1ccc(C)cc1. The van der Waals surface area contributed by atoms with E-state index < -0.39 is 0 Å². The summed E-state index contributed by atoms with van der Waals surface area (Å²) in [7, 11) is 1.68. The Hall–Kier alpha value is -2.13. The summed E-state index contributed by atoms with van der Waals surface area (Å²) in [5, 5.41) is 4.82. The maximum absolute atomic E-state index is 11.8. The lowest BCUT2D eigenvalue weighted by Crippen LogP contribution is -2.92. The summed E-state index contributed by atoms with van der Waals surface area (Å²) < 4.78 is 0. The molecular formula is C18H23N2O+. The third kappa shape index (κ3) is 3.92. The van der Waals surface area contributed by atoms with Gasteiger partial charge in [-0.05, 0) is 13.8 Å². The van der Waals surface area contributed by atoms with Crippen molar-refractivity contribution in [1.29, 1.82) is 0 Å². The van der Waals surface area contributed by atoms with E-state index in [9.17, 15) is 4.79 Å². The zero-order chi connectivity index (χ0) is 15.2. The van der Waals surface area contributed by atoms with Crippen LogP contribution in [0.5, 0.6) is 0 Å². The van der Waals surface area contributed by atoms with Crippen LogP contribution in [0.1, 0.15) is 29.7 Å². The lowest BCUT2D eigenvalue weighted by molar-refractivity contribution is -0.704. The quantitative estimate of drug-likeness (QED) is 0.863. The van der Waals surface area contributed by atoms with Crippen molar-refractivity contribution < 1.29 is 10.1 Å². The van der Waals surface area contributed by atoms with E-state index in [4.69, 9.17) is 0 Å². The largest absolute Gasteiger partial charge is 0.354 e. The highest BCUT2D eigenvalue weighted by atomic mass is 16.2. The molecule has 2 aromatic carbocycles. The number of aryl methyl sites for hydroxylation is 1. The van der Waals surface area contributed by atoms with Gasteiger partial charge >= 0.3 is 0 Å². The lowest BCUT2D eigenvalue weighted by atomic mass is 9.97. The average Bonchev–Trinajstić information content (AvgIpc) is 2.53. The number of nitrogens with two attached hydrogens (primary N) is 1. The minimum atomic E-state index is -0.137. The van der Waals surface area contributed by atoms with Crippen LogP contribution in [0.2, 0.25) is 0 Å². The maximum atomic E-state index is 11.8. The molecule has 3 heteroatoms. The first-order valence-electron chi connectivity index (χ1n) is 7.30. The number of rotatable bonds is 5. The summed E-state index contributed by atoms with van der Waals surface area (Å²) in [4.78, 5) is 11.8. The topological polar surface area (TPSA) is 45.7 Å². The van der Waals surface area contributed by atoms with E-state index in [1.165, 1.54) is 16.7 Å². The molecule has 0 spiro atoms. The molecule has 21 heavy (non-hydrogen) atoms. The number of hydrogen-bond acceptors (Lipinski definition) is 1. The standard InChI is InChI=1S/C18H22N2O/c1-13-9-11-16(12-10-13)17(15-7-5-4-6-8-15)20-14(2)18(21)19-3/h4-12,14,17,20H,1-3H3,(H,19,21)/p+1/t14-,17-/m1/s1. The van der Waals surface area contributed by atoms with Crippen LogP contribution in [0.15, 0.2) is 54.6 Å². The molecule has 0 radical (unpaired) electrons. The second kappa shape index (κ2) is 7.04. The molecule has 2 aromatic rings. The van der Waals surface area contributed by atoms with Crippen molar-refractivity contribution in [2.75, 3.05) is 7.05 Å². The first-order valence-corrected chi connectivity index (χ1v) is 7.30. The molecule has 0 aliphatic rings. The fourth-order valence-electron chi connectivity index (χ4n) is 2.45. The van der Waals surface area contributed by atoms with Crippen molar-refractivity contribution in [3.05, 3.63) is 71.3 Å². The molecule has 0 aromatic heterocycles. The number of benzene rings is 2. The van der Waals surface area contributed by atoms with Crippen LogP contribution in [-0.2, 0) is 4.79 Å². The number of carbonyl (C=O) groups excluding carboxylic acids is 1. The molecule has 2 atom stereocenters. The first kappa shape index (κ1) is 15.3. The van der Waals surface area contributed by atoms with Gasteiger partial charge in [0.25, 0.3) is 5.91 Å². The number of hydrogen-bond donors (Lipinski definition) is 2. The number of amides is 1. The minimum absolute atomic E-state index is 0.0445. The van der Waals surface area contributed by atoms with Gasteiger partial charge in [0.05, 0.1) is 0 Å². The van der Waals surface area contributed by atoms with E-state index in [0.717, 1.165) is 0 Å². The Balaban J connectivity index is 2.31. The van der Waals surface area contributed by atoms with Crippen molar-refractivity contribution in [3.8, 4) is 0 Å². The van der Waals surface area contributed by atoms with Gasteiger partial charge in [-0.1, -0.05) is 60.2 Å². The van der Waals surface area contributed by atoms with Crippen LogP contribution in [0.25, 0.3) is 0 Å². The highest BCUT2D eigenvalue weighted by Crippen LogP contribution is 2.18. The zero-order valence-corrected chi connectivity index (χ0v) is 12.8. The van der Waals surface area contributed by atoms with E-state index in [1.807, 2.05) is 25.1 Å². The van der Waals surface area contributed by atoms with Crippen LogP contribution >= 0.6 is 0 Å². The Labute approximate surface area is 126 Å². The Bertz CT molecular complexity index is 578. The third-order valence-electron chi connectivity index (χ3n) is 3.74. The predicted octanol–water partition coefficient (Wildman–Crippen LogP) is 1.78. The van der Waals surface area contributed by atoms with Crippen LogP contribution in [0.4, 0.5) is 0 Å². The second-order valence-electron chi connectivity index (χ2n) is 5.39. The van der Waals surface area contributed by atoms with Gasteiger partial charge in [-0.25, -0.2) is 0 Å². The number of quaternary nitrogens is 1. The summed E-state index contributed by atoms with van der Waals surface area (Å²) in [6, 6.07) is 18.8. The summed E-state index contributed by atoms with van der Waals surface area (Å²) in [6.45, 7) is 4.02. The molecule has 0 aliphatic heterocycles. The van der Waals surface area contributed by atoms with Gasteiger partial charge in [0.2, 0.25) is 0 Å². The maximum Gasteiger partial charge on any atom is 0.277 e. The number of likely N-dealkylation sites (N-methyl/N-ethyl adjacent to an activating group) is 1. The highest BCUT2D eigenvalue weighted by Gasteiger charge is 2.23. The zero-order valence-electron chi connectivity index (χ0n) is 12.8. The van der Waals surface area contributed by atoms with Gasteiger partial charge in [0.15, 0.2) is 6.04 Å². The predicted molar refractivity (Wildman–Crippen MR) is 84.9 cm³/mol. The number of nitrogens with one attached hydrogen (secondary N) is 1. The van der Waals surface area contributed by atoms with E-state index in [2.05, 4.69) is 54.0 Å². The van der Waals surface area contributed by atoms with Crippen molar-refractivity contribution in [2.24, 2.45) is 0 Å². The summed E-state index contributed by atoms with van der Waals surface area (Å²) in [6.07, 6.45) is 0. The van der Waals surface area contributed by atoms with Gasteiger partial charge < -0.3 is 10.6 Å². The van der Waals surface area contributed by atoms with Crippen molar-refractivity contribution in [1.82, 2.24) is 5.32 Å². The summed E-state index contributed by atoms with van der Waals surface area (Å²) in [5.41, 5.74) is 3.66. The molecule has 0 bridgehead atoms. The van der Waals surface area contributed by atoms with Crippen LogP contribution in [0.3, 0.4) is 0 Å². The molecular weight excluding hydrogens is 260 g/mol. The molecule has 2 rings (SSSR count). The number of carbonyl (C=O) groups is 1. The molecule has 0 aliphatic carbocycles. The van der Waals surface area contributed by atoms with Crippen LogP contribution in [0, 0.1) is 6.92 Å². The summed E-state index contributed by atoms with van der Waals surface area (Å²) >= 11 is 0. The molecule has 0 saturated carbocycles. The molecule has 0 saturated heterocycles. The average molecular weight is 283 g/mol. The normalized spacial score (nSPS) is 13.5. The summed E-state index contributed by atoms with van der Waals surface area (Å²) in [5.74, 6) is 0.0445. The Morgan fingerprint density at radius 2 is 1.57 bits per heavy atom. The van der Waals surface area contributed by atoms with Crippen LogP contribution < -0.4 is 10.6 Å². The van der Waals surface area contributed by atoms with Gasteiger partial charge in [-0.3, -0.25) is 4.79 Å². The van der Waals surface area contributed by atoms with E-state index >= 15 is 0 Å². The first-order chi connectivity index (χ1) is 10.1. The van der Waals surface area contributed by atoms with Crippen molar-refractivity contribution in [2.45, 2.75) is 25.9 Å². The Morgan fingerprint density at radius 3 is 2.14 bits per heavy atom. The minimum Gasteiger partial charge on any atom is -0.354 e. The van der Waals surface area contributed by atoms with E-state index in [0.29, 0.717) is 0 Å². The van der Waals surface area contributed by atoms with Crippen molar-refractivity contribution in [3.63, 3.8) is 0 Å². The molecule has 110 valence electrons. The van der Waals surface area contributed by atoms with Gasteiger partial charge in [0, 0.05) is 18.2 Å². The highest BCUT2D eigenvalue weighted by molar-refractivity contribution is 5.79. The van der Waals surface area contributed by atoms with Gasteiger partial charge in [0.1, 0.15) is 6.04 Å². The lowest BCUT2D eigenvalue weighted by Gasteiger charge is -2.20. The third-order valence-corrected chi connectivity index (χ3v) is 3.74. The van der Waals surface area contributed by atoms with E-state index in [-0.39, 0.29) is 18.0 Å². The van der Waals surface area contributed by atoms with Crippen LogP contribution in [-0.4, -0.2) is 19.0 Å². The molecule has 0 fully saturated rings. The van der Waals surface area contributed by atoms with E-state index in [1.54, 1.807) is 7.05 Å². The second-order valence-corrected chi connectivity index (χ2v) is 5.39. The van der Waals surface area contributed by atoms with Crippen molar-refractivity contribution >= 4 is 5.91 Å². The smallest absolute Gasteiger partial charge is 0.277 e.